The summed E-state index contributed by atoms with van der Waals surface area (Å²) in [6, 6.07) is 12.2. The van der Waals surface area contributed by atoms with E-state index in [1.165, 1.54) is 32.5 Å². The maximum absolute atomic E-state index is 13.4. The van der Waals surface area contributed by atoms with E-state index in [4.69, 9.17) is 9.47 Å². The SMILES string of the molecule is COCCN(Cc1nccn1Cc1ccccc1C(F)(F)F)C(=O)c1cccc(OC)c1. The van der Waals surface area contributed by atoms with Crippen LogP contribution in [0.1, 0.15) is 27.3 Å². The number of alkyl halides is 3. The Balaban J connectivity index is 1.85. The lowest BCUT2D eigenvalue weighted by Gasteiger charge is -2.23. The van der Waals surface area contributed by atoms with Crippen molar-refractivity contribution >= 4 is 5.91 Å². The summed E-state index contributed by atoms with van der Waals surface area (Å²) >= 11 is 0. The van der Waals surface area contributed by atoms with E-state index in [1.54, 1.807) is 46.0 Å². The highest BCUT2D eigenvalue weighted by molar-refractivity contribution is 5.94. The zero-order chi connectivity index (χ0) is 23.1. The van der Waals surface area contributed by atoms with Gasteiger partial charge in [-0.25, -0.2) is 4.98 Å². The number of methoxy groups -OCH3 is 2. The van der Waals surface area contributed by atoms with Gasteiger partial charge in [0.05, 0.1) is 25.8 Å². The molecule has 2 aromatic carbocycles. The van der Waals surface area contributed by atoms with Crippen molar-refractivity contribution in [3.63, 3.8) is 0 Å². The number of rotatable bonds is 9. The van der Waals surface area contributed by atoms with Crippen molar-refractivity contribution in [3.05, 3.63) is 83.4 Å². The van der Waals surface area contributed by atoms with E-state index in [0.29, 0.717) is 30.3 Å². The van der Waals surface area contributed by atoms with E-state index in [9.17, 15) is 18.0 Å². The van der Waals surface area contributed by atoms with Crippen LogP contribution in [0.2, 0.25) is 0 Å². The van der Waals surface area contributed by atoms with E-state index >= 15 is 0 Å². The number of amides is 1. The van der Waals surface area contributed by atoms with E-state index in [-0.39, 0.29) is 24.6 Å². The number of aromatic nitrogens is 2. The second-order valence-corrected chi connectivity index (χ2v) is 7.08. The Bertz CT molecular complexity index is 1050. The number of halogens is 3. The third-order valence-electron chi connectivity index (χ3n) is 4.97. The minimum Gasteiger partial charge on any atom is -0.497 e. The molecule has 1 amide bonds. The quantitative estimate of drug-likeness (QED) is 0.492. The molecule has 0 saturated carbocycles. The number of hydrogen-bond donors (Lipinski definition) is 0. The van der Waals surface area contributed by atoms with Gasteiger partial charge in [0, 0.05) is 38.2 Å². The molecule has 32 heavy (non-hydrogen) atoms. The molecule has 6 nitrogen and oxygen atoms in total. The summed E-state index contributed by atoms with van der Waals surface area (Å²) in [7, 11) is 3.05. The van der Waals surface area contributed by atoms with Crippen LogP contribution >= 0.6 is 0 Å². The highest BCUT2D eigenvalue weighted by atomic mass is 19.4. The molecule has 0 aliphatic heterocycles. The molecule has 0 saturated heterocycles. The van der Waals surface area contributed by atoms with Gasteiger partial charge in [-0.3, -0.25) is 4.79 Å². The summed E-state index contributed by atoms with van der Waals surface area (Å²) in [5, 5.41) is 0. The maximum atomic E-state index is 13.4. The average Bonchev–Trinajstić information content (AvgIpc) is 3.22. The summed E-state index contributed by atoms with van der Waals surface area (Å²) in [5.74, 6) is 0.758. The minimum atomic E-state index is -4.45. The zero-order valence-electron chi connectivity index (χ0n) is 17.8. The van der Waals surface area contributed by atoms with Crippen molar-refractivity contribution in [2.45, 2.75) is 19.3 Å². The molecule has 0 bridgehead atoms. The van der Waals surface area contributed by atoms with Crippen molar-refractivity contribution in [1.29, 1.82) is 0 Å². The fourth-order valence-corrected chi connectivity index (χ4v) is 3.32. The normalized spacial score (nSPS) is 11.4. The van der Waals surface area contributed by atoms with Crippen LogP contribution in [-0.4, -0.2) is 47.7 Å². The second kappa shape index (κ2) is 10.3. The Morgan fingerprint density at radius 3 is 2.62 bits per heavy atom. The topological polar surface area (TPSA) is 56.6 Å². The lowest BCUT2D eigenvalue weighted by Crippen LogP contribution is -2.34. The Morgan fingerprint density at radius 2 is 1.91 bits per heavy atom. The third-order valence-corrected chi connectivity index (χ3v) is 4.97. The highest BCUT2D eigenvalue weighted by Crippen LogP contribution is 2.32. The lowest BCUT2D eigenvalue weighted by molar-refractivity contribution is -0.138. The molecule has 3 rings (SSSR count). The second-order valence-electron chi connectivity index (χ2n) is 7.08. The number of imidazole rings is 1. The smallest absolute Gasteiger partial charge is 0.416 e. The minimum absolute atomic E-state index is 0.0174. The van der Waals surface area contributed by atoms with Crippen LogP contribution in [0.3, 0.4) is 0 Å². The van der Waals surface area contributed by atoms with Crippen LogP contribution in [0.15, 0.2) is 60.9 Å². The molecule has 0 radical (unpaired) electrons. The van der Waals surface area contributed by atoms with Gasteiger partial charge in [0.2, 0.25) is 0 Å². The number of hydrogen-bond acceptors (Lipinski definition) is 4. The fraction of sp³-hybridized carbons (Fsp3) is 0.304. The molecule has 0 atom stereocenters. The number of nitrogens with zero attached hydrogens (tertiary/aromatic N) is 3. The largest absolute Gasteiger partial charge is 0.497 e. The molecule has 3 aromatic rings. The maximum Gasteiger partial charge on any atom is 0.416 e. The number of ether oxygens (including phenoxy) is 2. The third kappa shape index (κ3) is 5.67. The number of carbonyl (C=O) groups excluding carboxylic acids is 1. The van der Waals surface area contributed by atoms with Gasteiger partial charge in [0.15, 0.2) is 0 Å². The van der Waals surface area contributed by atoms with Crippen molar-refractivity contribution in [1.82, 2.24) is 14.5 Å². The van der Waals surface area contributed by atoms with Crippen LogP contribution in [-0.2, 0) is 24.0 Å². The van der Waals surface area contributed by atoms with Gasteiger partial charge < -0.3 is 18.9 Å². The van der Waals surface area contributed by atoms with Crippen LogP contribution in [0, 0.1) is 0 Å². The van der Waals surface area contributed by atoms with E-state index in [1.807, 2.05) is 0 Å². The van der Waals surface area contributed by atoms with Crippen LogP contribution in [0.25, 0.3) is 0 Å². The molecule has 0 spiro atoms. The molecule has 0 fully saturated rings. The summed E-state index contributed by atoms with van der Waals surface area (Å²) in [4.78, 5) is 19.0. The van der Waals surface area contributed by atoms with Crippen molar-refractivity contribution in [2.24, 2.45) is 0 Å². The predicted octanol–water partition coefficient (Wildman–Crippen LogP) is 4.25. The van der Waals surface area contributed by atoms with Crippen LogP contribution in [0.5, 0.6) is 5.75 Å². The molecule has 0 unspecified atom stereocenters. The van der Waals surface area contributed by atoms with Crippen LogP contribution < -0.4 is 4.74 Å². The summed E-state index contributed by atoms with van der Waals surface area (Å²) in [6.45, 7) is 0.683. The summed E-state index contributed by atoms with van der Waals surface area (Å²) < 4.78 is 52.1. The molecule has 0 N–H and O–H groups in total. The first-order valence-corrected chi connectivity index (χ1v) is 9.91. The summed E-state index contributed by atoms with van der Waals surface area (Å²) in [5.41, 5.74) is -0.133. The van der Waals surface area contributed by atoms with Crippen LogP contribution in [0.4, 0.5) is 13.2 Å². The number of carbonyl (C=O) groups is 1. The molecule has 9 heteroatoms. The zero-order valence-corrected chi connectivity index (χ0v) is 17.8. The standard InChI is InChI=1S/C23H24F3N3O3/c1-31-13-12-29(22(30)17-7-5-8-19(14-17)32-2)16-21-27-10-11-28(21)15-18-6-3-4-9-20(18)23(24,25)26/h3-11,14H,12-13,15-16H2,1-2H3. The van der Waals surface area contributed by atoms with Crippen molar-refractivity contribution < 1.29 is 27.4 Å². The molecule has 1 aromatic heterocycles. The Morgan fingerprint density at radius 1 is 1.12 bits per heavy atom. The van der Waals surface area contributed by atoms with Gasteiger partial charge in [-0.2, -0.15) is 13.2 Å². The van der Waals surface area contributed by atoms with E-state index < -0.39 is 11.7 Å². The molecular weight excluding hydrogens is 423 g/mol. The molecule has 170 valence electrons. The van der Waals surface area contributed by atoms with Gasteiger partial charge in [-0.1, -0.05) is 24.3 Å². The fourth-order valence-electron chi connectivity index (χ4n) is 3.32. The molecule has 0 aliphatic carbocycles. The molecule has 0 aliphatic rings. The van der Waals surface area contributed by atoms with Gasteiger partial charge in [-0.05, 0) is 29.8 Å². The van der Waals surface area contributed by atoms with E-state index in [2.05, 4.69) is 4.98 Å². The lowest BCUT2D eigenvalue weighted by atomic mass is 10.1. The van der Waals surface area contributed by atoms with Gasteiger partial charge in [-0.15, -0.1) is 0 Å². The van der Waals surface area contributed by atoms with Crippen molar-refractivity contribution in [2.75, 3.05) is 27.4 Å². The van der Waals surface area contributed by atoms with Gasteiger partial charge in [0.1, 0.15) is 11.6 Å². The predicted molar refractivity (Wildman–Crippen MR) is 112 cm³/mol. The first kappa shape index (κ1) is 23.3. The average molecular weight is 447 g/mol. The van der Waals surface area contributed by atoms with Crippen molar-refractivity contribution in [3.8, 4) is 5.75 Å². The van der Waals surface area contributed by atoms with E-state index in [0.717, 1.165) is 6.07 Å². The Labute approximate surface area is 184 Å². The molecular formula is C23H24F3N3O3. The van der Waals surface area contributed by atoms with Gasteiger partial charge >= 0.3 is 6.18 Å². The Hall–Kier alpha value is -3.33. The summed E-state index contributed by atoms with van der Waals surface area (Å²) in [6.07, 6.45) is -1.34. The first-order chi connectivity index (χ1) is 15.3. The highest BCUT2D eigenvalue weighted by Gasteiger charge is 2.33. The Kier molecular flexibility index (Phi) is 7.53. The first-order valence-electron chi connectivity index (χ1n) is 9.91. The molecule has 1 heterocycles. The monoisotopic (exact) mass is 447 g/mol. The number of benzene rings is 2. The van der Waals surface area contributed by atoms with Gasteiger partial charge in [0.25, 0.3) is 5.91 Å².